The first-order chi connectivity index (χ1) is 9.90. The van der Waals surface area contributed by atoms with Crippen molar-refractivity contribution in [2.75, 3.05) is 12.4 Å². The fourth-order valence-electron chi connectivity index (χ4n) is 1.82. The normalized spacial score (nSPS) is 11.3. The van der Waals surface area contributed by atoms with Gasteiger partial charge in [-0.05, 0) is 30.2 Å². The number of aryl methyl sites for hydroxylation is 1. The summed E-state index contributed by atoms with van der Waals surface area (Å²) in [6, 6.07) is 7.16. The van der Waals surface area contributed by atoms with Crippen molar-refractivity contribution in [3.05, 3.63) is 53.2 Å². The maximum absolute atomic E-state index is 12.7. The Morgan fingerprint density at radius 1 is 1.19 bits per heavy atom. The number of hydrogen-bond donors (Lipinski definition) is 1. The predicted octanol–water partition coefficient (Wildman–Crippen LogP) is 4.03. The maximum atomic E-state index is 12.7. The topological polar surface area (TPSA) is 34.1 Å². The zero-order valence-corrected chi connectivity index (χ0v) is 11.7. The molecule has 0 saturated heterocycles. The number of rotatable bonds is 4. The molecule has 0 aliphatic rings. The number of methoxy groups -OCH3 is 1. The summed E-state index contributed by atoms with van der Waals surface area (Å²) in [6.45, 7) is 2.15. The molecule has 0 fully saturated rings. The molecule has 0 atom stereocenters. The highest BCUT2D eigenvalue weighted by Gasteiger charge is 2.30. The Kier molecular flexibility index (Phi) is 4.35. The molecule has 0 aliphatic carbocycles. The van der Waals surface area contributed by atoms with Gasteiger partial charge in [-0.2, -0.15) is 13.2 Å². The van der Waals surface area contributed by atoms with Crippen molar-refractivity contribution in [2.45, 2.75) is 19.6 Å². The Labute approximate surface area is 120 Å². The number of nitrogens with zero attached hydrogens (tertiary/aromatic N) is 1. The summed E-state index contributed by atoms with van der Waals surface area (Å²) >= 11 is 0. The molecule has 0 unspecified atom stereocenters. The largest absolute Gasteiger partial charge is 0.481 e. The monoisotopic (exact) mass is 296 g/mol. The third-order valence-electron chi connectivity index (χ3n) is 3.05. The second kappa shape index (κ2) is 6.03. The molecular weight excluding hydrogens is 281 g/mol. The molecule has 2 rings (SSSR count). The molecule has 1 N–H and O–H groups in total. The Balaban J connectivity index is 2.11. The van der Waals surface area contributed by atoms with Crippen molar-refractivity contribution in [3.63, 3.8) is 0 Å². The fraction of sp³-hybridized carbons (Fsp3) is 0.267. The van der Waals surface area contributed by atoms with E-state index in [1.54, 1.807) is 19.2 Å². The number of benzene rings is 1. The molecule has 1 aromatic carbocycles. The van der Waals surface area contributed by atoms with Gasteiger partial charge < -0.3 is 10.1 Å². The average Bonchev–Trinajstić information content (AvgIpc) is 2.45. The van der Waals surface area contributed by atoms with Crippen LogP contribution in [0.2, 0.25) is 0 Å². The summed E-state index contributed by atoms with van der Waals surface area (Å²) < 4.78 is 43.0. The third-order valence-corrected chi connectivity index (χ3v) is 3.05. The molecule has 0 bridgehead atoms. The number of aromatic nitrogens is 1. The molecule has 0 radical (unpaired) electrons. The van der Waals surface area contributed by atoms with Crippen LogP contribution in [0.3, 0.4) is 0 Å². The first kappa shape index (κ1) is 15.2. The molecule has 2 aromatic rings. The first-order valence-corrected chi connectivity index (χ1v) is 6.31. The number of alkyl halides is 3. The minimum Gasteiger partial charge on any atom is -0.481 e. The second-order valence-corrected chi connectivity index (χ2v) is 4.59. The van der Waals surface area contributed by atoms with Gasteiger partial charge in [-0.15, -0.1) is 0 Å². The van der Waals surface area contributed by atoms with Crippen molar-refractivity contribution in [1.82, 2.24) is 4.98 Å². The smallest absolute Gasteiger partial charge is 0.416 e. The quantitative estimate of drug-likeness (QED) is 0.925. The molecule has 6 heteroatoms. The van der Waals surface area contributed by atoms with E-state index in [2.05, 4.69) is 10.3 Å². The fourth-order valence-corrected chi connectivity index (χ4v) is 1.82. The Morgan fingerprint density at radius 2 is 1.95 bits per heavy atom. The lowest BCUT2D eigenvalue weighted by atomic mass is 10.1. The molecule has 1 aromatic heterocycles. The summed E-state index contributed by atoms with van der Waals surface area (Å²) in [5.41, 5.74) is 1.40. The van der Waals surface area contributed by atoms with Gasteiger partial charge in [0.15, 0.2) is 0 Å². The molecule has 112 valence electrons. The molecular formula is C15H15F3N2O. The van der Waals surface area contributed by atoms with E-state index < -0.39 is 11.7 Å². The van der Waals surface area contributed by atoms with Gasteiger partial charge in [0.2, 0.25) is 5.88 Å². The number of anilines is 1. The van der Waals surface area contributed by atoms with Crippen LogP contribution in [0.1, 0.15) is 16.7 Å². The van der Waals surface area contributed by atoms with Crippen LogP contribution in [0.25, 0.3) is 0 Å². The zero-order valence-electron chi connectivity index (χ0n) is 11.7. The average molecular weight is 296 g/mol. The van der Waals surface area contributed by atoms with Crippen LogP contribution in [0.15, 0.2) is 36.5 Å². The van der Waals surface area contributed by atoms with Gasteiger partial charge in [-0.25, -0.2) is 4.98 Å². The van der Waals surface area contributed by atoms with E-state index in [9.17, 15) is 13.2 Å². The Morgan fingerprint density at radius 3 is 2.52 bits per heavy atom. The highest BCUT2D eigenvalue weighted by atomic mass is 19.4. The minimum absolute atomic E-state index is 0.388. The van der Waals surface area contributed by atoms with Crippen LogP contribution in [0.4, 0.5) is 18.9 Å². The third kappa shape index (κ3) is 3.87. The minimum atomic E-state index is -4.34. The molecule has 0 spiro atoms. The van der Waals surface area contributed by atoms with Crippen LogP contribution in [0, 0.1) is 6.92 Å². The van der Waals surface area contributed by atoms with E-state index in [4.69, 9.17) is 4.74 Å². The van der Waals surface area contributed by atoms with Crippen LogP contribution < -0.4 is 10.1 Å². The molecule has 21 heavy (non-hydrogen) atoms. The van der Waals surface area contributed by atoms with Crippen LogP contribution in [0.5, 0.6) is 5.88 Å². The number of halogens is 3. The summed E-state index contributed by atoms with van der Waals surface area (Å²) in [4.78, 5) is 4.05. The number of ether oxygens (including phenoxy) is 1. The number of pyridine rings is 1. The van der Waals surface area contributed by atoms with Gasteiger partial charge in [0, 0.05) is 24.5 Å². The van der Waals surface area contributed by atoms with Crippen LogP contribution >= 0.6 is 0 Å². The van der Waals surface area contributed by atoms with Crippen molar-refractivity contribution in [2.24, 2.45) is 0 Å². The van der Waals surface area contributed by atoms with Crippen molar-refractivity contribution in [1.29, 1.82) is 0 Å². The SMILES string of the molecule is COc1ccc(CNc2cc(C(F)(F)F)ccc2C)cn1. The van der Waals surface area contributed by atoms with E-state index in [0.717, 1.165) is 23.3 Å². The second-order valence-electron chi connectivity index (χ2n) is 4.59. The van der Waals surface area contributed by atoms with Gasteiger partial charge in [0.25, 0.3) is 0 Å². The van der Waals surface area contributed by atoms with Gasteiger partial charge in [0.1, 0.15) is 0 Å². The molecule has 1 heterocycles. The van der Waals surface area contributed by atoms with Crippen molar-refractivity contribution < 1.29 is 17.9 Å². The predicted molar refractivity (Wildman–Crippen MR) is 74.3 cm³/mol. The number of hydrogen-bond acceptors (Lipinski definition) is 3. The van der Waals surface area contributed by atoms with Crippen molar-refractivity contribution in [3.8, 4) is 5.88 Å². The lowest BCUT2D eigenvalue weighted by Crippen LogP contribution is -2.07. The summed E-state index contributed by atoms with van der Waals surface area (Å²) in [5, 5.41) is 3.00. The van der Waals surface area contributed by atoms with E-state index in [-0.39, 0.29) is 0 Å². The molecule has 0 aliphatic heterocycles. The highest BCUT2D eigenvalue weighted by molar-refractivity contribution is 5.53. The Bertz CT molecular complexity index is 609. The summed E-state index contributed by atoms with van der Waals surface area (Å²) in [6.07, 6.45) is -2.72. The van der Waals surface area contributed by atoms with E-state index in [1.165, 1.54) is 13.2 Å². The summed E-state index contributed by atoms with van der Waals surface area (Å²) in [7, 11) is 1.52. The molecule has 0 saturated carbocycles. The van der Waals surface area contributed by atoms with E-state index >= 15 is 0 Å². The van der Waals surface area contributed by atoms with Crippen molar-refractivity contribution >= 4 is 5.69 Å². The maximum Gasteiger partial charge on any atom is 0.416 e. The van der Waals surface area contributed by atoms with Gasteiger partial charge >= 0.3 is 6.18 Å². The van der Waals surface area contributed by atoms with E-state index in [0.29, 0.717) is 18.1 Å². The van der Waals surface area contributed by atoms with Crippen LogP contribution in [-0.2, 0) is 12.7 Å². The highest BCUT2D eigenvalue weighted by Crippen LogP contribution is 2.32. The standard InChI is InChI=1S/C15H15F3N2O/c1-10-3-5-12(15(16,17)18)7-13(10)19-8-11-4-6-14(21-2)20-9-11/h3-7,9,19H,8H2,1-2H3. The number of nitrogens with one attached hydrogen (secondary N) is 1. The molecule has 3 nitrogen and oxygen atoms in total. The van der Waals surface area contributed by atoms with Gasteiger partial charge in [0.05, 0.1) is 12.7 Å². The lowest BCUT2D eigenvalue weighted by molar-refractivity contribution is -0.137. The van der Waals surface area contributed by atoms with Gasteiger partial charge in [-0.3, -0.25) is 0 Å². The zero-order chi connectivity index (χ0) is 15.5. The van der Waals surface area contributed by atoms with E-state index in [1.807, 2.05) is 6.07 Å². The van der Waals surface area contributed by atoms with Gasteiger partial charge in [-0.1, -0.05) is 12.1 Å². The van der Waals surface area contributed by atoms with Crippen LogP contribution in [-0.4, -0.2) is 12.1 Å². The lowest BCUT2D eigenvalue weighted by Gasteiger charge is -2.13. The summed E-state index contributed by atoms with van der Waals surface area (Å²) in [5.74, 6) is 0.494. The molecule has 0 amide bonds. The Hall–Kier alpha value is -2.24. The first-order valence-electron chi connectivity index (χ1n) is 6.31.